The highest BCUT2D eigenvalue weighted by Gasteiger charge is 2.10. The predicted molar refractivity (Wildman–Crippen MR) is 97.9 cm³/mol. The summed E-state index contributed by atoms with van der Waals surface area (Å²) in [6.07, 6.45) is 0.911. The first-order valence-electron chi connectivity index (χ1n) is 8.09. The Bertz CT molecular complexity index is 772. The van der Waals surface area contributed by atoms with E-state index in [1.54, 1.807) is 42.5 Å². The van der Waals surface area contributed by atoms with Crippen molar-refractivity contribution in [2.24, 2.45) is 10.9 Å². The number of amidine groups is 1. The summed E-state index contributed by atoms with van der Waals surface area (Å²) in [7, 11) is 3.05. The van der Waals surface area contributed by atoms with Crippen molar-refractivity contribution >= 4 is 11.8 Å². The van der Waals surface area contributed by atoms with Gasteiger partial charge in [-0.1, -0.05) is 12.1 Å². The Morgan fingerprint density at radius 3 is 2.27 bits per heavy atom. The second-order valence-electron chi connectivity index (χ2n) is 5.30. The third-order valence-corrected chi connectivity index (χ3v) is 3.47. The summed E-state index contributed by atoms with van der Waals surface area (Å²) in [5, 5.41) is 3.69. The maximum absolute atomic E-state index is 12.1. The Kier molecular flexibility index (Phi) is 6.84. The molecule has 0 aliphatic heterocycles. The quantitative estimate of drug-likeness (QED) is 0.337. The molecule has 26 heavy (non-hydrogen) atoms. The topological polar surface area (TPSA) is 92.4 Å². The molecule has 0 spiro atoms. The Morgan fingerprint density at radius 1 is 1.00 bits per heavy atom. The molecule has 0 radical (unpaired) electrons. The van der Waals surface area contributed by atoms with Gasteiger partial charge in [0.25, 0.3) is 0 Å². The van der Waals surface area contributed by atoms with Crippen molar-refractivity contribution in [2.45, 2.75) is 13.3 Å². The number of hydrogen-bond acceptors (Lipinski definition) is 6. The molecule has 7 nitrogen and oxygen atoms in total. The molecule has 2 rings (SSSR count). The molecule has 0 saturated carbocycles. The van der Waals surface area contributed by atoms with Crippen LogP contribution in [-0.2, 0) is 4.84 Å². The monoisotopic (exact) mass is 358 g/mol. The lowest BCUT2D eigenvalue weighted by Crippen LogP contribution is -2.15. The van der Waals surface area contributed by atoms with E-state index < -0.39 is 5.97 Å². The maximum Gasteiger partial charge on any atom is 0.365 e. The number of oxime groups is 1. The first kappa shape index (κ1) is 19.1. The summed E-state index contributed by atoms with van der Waals surface area (Å²) in [5.74, 6) is 1.18. The van der Waals surface area contributed by atoms with Gasteiger partial charge in [-0.3, -0.25) is 0 Å². The van der Waals surface area contributed by atoms with Crippen molar-refractivity contribution in [3.05, 3.63) is 53.6 Å². The molecule has 2 N–H and O–H groups in total. The van der Waals surface area contributed by atoms with Gasteiger partial charge in [0, 0.05) is 5.56 Å². The highest BCUT2D eigenvalue weighted by molar-refractivity contribution is 5.98. The fourth-order valence-corrected chi connectivity index (χ4v) is 2.10. The number of methoxy groups -OCH3 is 2. The van der Waals surface area contributed by atoms with E-state index in [0.717, 1.165) is 6.42 Å². The minimum Gasteiger partial charge on any atom is -0.494 e. The number of benzene rings is 2. The molecule has 0 amide bonds. The van der Waals surface area contributed by atoms with Crippen LogP contribution in [0.4, 0.5) is 0 Å². The van der Waals surface area contributed by atoms with Gasteiger partial charge in [0.2, 0.25) is 0 Å². The minimum atomic E-state index is -0.615. The van der Waals surface area contributed by atoms with Gasteiger partial charge in [-0.25, -0.2) is 4.79 Å². The fourth-order valence-electron chi connectivity index (χ4n) is 2.10. The fraction of sp³-hybridized carbons (Fsp3) is 0.263. The molecule has 2 aromatic carbocycles. The van der Waals surface area contributed by atoms with E-state index >= 15 is 0 Å². The summed E-state index contributed by atoms with van der Waals surface area (Å²) in [5.41, 5.74) is 6.76. The van der Waals surface area contributed by atoms with Gasteiger partial charge in [0.05, 0.1) is 26.4 Å². The molecule has 7 heteroatoms. The van der Waals surface area contributed by atoms with Crippen LogP contribution in [0.15, 0.2) is 47.6 Å². The molecule has 0 aliphatic rings. The molecular formula is C19H22N2O5. The lowest BCUT2D eigenvalue weighted by atomic mass is 10.2. The molecule has 0 heterocycles. The van der Waals surface area contributed by atoms with Gasteiger partial charge >= 0.3 is 5.97 Å². The highest BCUT2D eigenvalue weighted by atomic mass is 16.7. The summed E-state index contributed by atoms with van der Waals surface area (Å²) < 4.78 is 15.8. The van der Waals surface area contributed by atoms with Gasteiger partial charge in [-0.15, -0.1) is 0 Å². The Labute approximate surface area is 152 Å². The van der Waals surface area contributed by atoms with Gasteiger partial charge < -0.3 is 24.8 Å². The average Bonchev–Trinajstić information content (AvgIpc) is 2.69. The molecular weight excluding hydrogens is 336 g/mol. The summed E-state index contributed by atoms with van der Waals surface area (Å²) in [4.78, 5) is 17.0. The lowest BCUT2D eigenvalue weighted by Gasteiger charge is -2.09. The lowest BCUT2D eigenvalue weighted by molar-refractivity contribution is 0.0516. The zero-order valence-corrected chi connectivity index (χ0v) is 15.0. The number of rotatable bonds is 8. The van der Waals surface area contributed by atoms with Gasteiger partial charge in [0.1, 0.15) is 5.75 Å². The van der Waals surface area contributed by atoms with Crippen molar-refractivity contribution < 1.29 is 23.8 Å². The van der Waals surface area contributed by atoms with Gasteiger partial charge in [-0.2, -0.15) is 0 Å². The highest BCUT2D eigenvalue weighted by Crippen LogP contribution is 2.27. The van der Waals surface area contributed by atoms with Crippen molar-refractivity contribution in [1.82, 2.24) is 0 Å². The molecule has 2 aromatic rings. The Balaban J connectivity index is 2.04. The first-order chi connectivity index (χ1) is 12.6. The largest absolute Gasteiger partial charge is 0.494 e. The summed E-state index contributed by atoms with van der Waals surface area (Å²) in [6, 6.07) is 11.6. The zero-order valence-electron chi connectivity index (χ0n) is 15.0. The summed E-state index contributed by atoms with van der Waals surface area (Å²) >= 11 is 0. The molecule has 0 unspecified atom stereocenters. The van der Waals surface area contributed by atoms with Crippen molar-refractivity contribution in [2.75, 3.05) is 20.8 Å². The zero-order chi connectivity index (χ0) is 18.9. The van der Waals surface area contributed by atoms with Crippen LogP contribution in [-0.4, -0.2) is 32.6 Å². The van der Waals surface area contributed by atoms with Crippen LogP contribution >= 0.6 is 0 Å². The molecule has 0 aliphatic carbocycles. The molecule has 0 saturated heterocycles. The number of nitrogens with zero attached hydrogens (tertiary/aromatic N) is 1. The molecule has 0 bridgehead atoms. The standard InChI is InChI=1S/C19H22N2O5/c1-4-11-25-15-8-5-13(6-9-15)19(22)26-21-18(20)14-7-10-16(23-2)17(12-14)24-3/h5-10,12H,4,11H2,1-3H3,(H2,20,21). The number of nitrogens with two attached hydrogens (primary N) is 1. The van der Waals surface area contributed by atoms with E-state index in [-0.39, 0.29) is 5.84 Å². The predicted octanol–water partition coefficient (Wildman–Crippen LogP) is 2.97. The van der Waals surface area contributed by atoms with Crippen LogP contribution in [0, 0.1) is 0 Å². The second kappa shape index (κ2) is 9.31. The minimum absolute atomic E-state index is 0.0437. The third kappa shape index (κ3) is 4.89. The van der Waals surface area contributed by atoms with Crippen LogP contribution in [0.3, 0.4) is 0 Å². The normalized spacial score (nSPS) is 11.0. The van der Waals surface area contributed by atoms with Crippen LogP contribution in [0.25, 0.3) is 0 Å². The van der Waals surface area contributed by atoms with E-state index in [1.165, 1.54) is 14.2 Å². The van der Waals surface area contributed by atoms with Crippen molar-refractivity contribution in [3.8, 4) is 17.2 Å². The van der Waals surface area contributed by atoms with Crippen molar-refractivity contribution in [1.29, 1.82) is 0 Å². The molecule has 0 aromatic heterocycles. The van der Waals surface area contributed by atoms with E-state index in [0.29, 0.717) is 35.0 Å². The van der Waals surface area contributed by atoms with Gasteiger partial charge in [-0.05, 0) is 48.9 Å². The van der Waals surface area contributed by atoms with Gasteiger partial charge in [0.15, 0.2) is 17.3 Å². The van der Waals surface area contributed by atoms with Crippen LogP contribution in [0.1, 0.15) is 29.3 Å². The molecule has 0 atom stereocenters. The summed E-state index contributed by atoms with van der Waals surface area (Å²) in [6.45, 7) is 2.64. The molecule has 138 valence electrons. The second-order valence-corrected chi connectivity index (χ2v) is 5.30. The average molecular weight is 358 g/mol. The maximum atomic E-state index is 12.1. The Hall–Kier alpha value is -3.22. The molecule has 0 fully saturated rings. The number of hydrogen-bond donors (Lipinski definition) is 1. The Morgan fingerprint density at radius 2 is 1.65 bits per heavy atom. The van der Waals surface area contributed by atoms with E-state index in [2.05, 4.69) is 5.16 Å². The SMILES string of the molecule is CCCOc1ccc(C(=O)O/N=C(/N)c2ccc(OC)c(OC)c2)cc1. The van der Waals surface area contributed by atoms with Crippen molar-refractivity contribution in [3.63, 3.8) is 0 Å². The third-order valence-electron chi connectivity index (χ3n) is 3.47. The number of carbonyl (C=O) groups is 1. The van der Waals surface area contributed by atoms with Crippen LogP contribution in [0.2, 0.25) is 0 Å². The number of carbonyl (C=O) groups excluding carboxylic acids is 1. The smallest absolute Gasteiger partial charge is 0.365 e. The van der Waals surface area contributed by atoms with E-state index in [9.17, 15) is 4.79 Å². The van der Waals surface area contributed by atoms with E-state index in [1.807, 2.05) is 6.92 Å². The number of ether oxygens (including phenoxy) is 3. The van der Waals surface area contributed by atoms with Crippen LogP contribution in [0.5, 0.6) is 17.2 Å². The van der Waals surface area contributed by atoms with Crippen LogP contribution < -0.4 is 19.9 Å². The first-order valence-corrected chi connectivity index (χ1v) is 8.09. The van der Waals surface area contributed by atoms with E-state index in [4.69, 9.17) is 24.8 Å².